The van der Waals surface area contributed by atoms with Crippen LogP contribution in [0.4, 0.5) is 5.69 Å². The molecule has 1 aromatic carbocycles. The third kappa shape index (κ3) is 2.71. The fourth-order valence-electron chi connectivity index (χ4n) is 2.95. The van der Waals surface area contributed by atoms with Gasteiger partial charge in [-0.1, -0.05) is 12.1 Å². The first-order valence-corrected chi connectivity index (χ1v) is 8.11. The standard InChI is InChI=1S/C18H15N5O3/c1-11-19-15-7-6-12(10-23(15)21-11)20-16(24)8-9-22-17(25)13-4-2-3-5-14(13)18(22)26/h2-7,10H,8-9H2,1H3,(H,20,24). The van der Waals surface area contributed by atoms with Crippen LogP contribution < -0.4 is 5.32 Å². The van der Waals surface area contributed by atoms with Crippen LogP contribution in [0.3, 0.4) is 0 Å². The quantitative estimate of drug-likeness (QED) is 0.723. The first-order chi connectivity index (χ1) is 12.5. The van der Waals surface area contributed by atoms with Crippen LogP contribution in [0.1, 0.15) is 33.0 Å². The fourth-order valence-corrected chi connectivity index (χ4v) is 2.95. The smallest absolute Gasteiger partial charge is 0.261 e. The number of imide groups is 1. The van der Waals surface area contributed by atoms with E-state index in [4.69, 9.17) is 0 Å². The van der Waals surface area contributed by atoms with Crippen molar-refractivity contribution in [2.75, 3.05) is 11.9 Å². The lowest BCUT2D eigenvalue weighted by Gasteiger charge is -2.13. The fraction of sp³-hybridized carbons (Fsp3) is 0.167. The third-order valence-corrected chi connectivity index (χ3v) is 4.16. The Labute approximate surface area is 148 Å². The van der Waals surface area contributed by atoms with Crippen molar-refractivity contribution in [2.45, 2.75) is 13.3 Å². The summed E-state index contributed by atoms with van der Waals surface area (Å²) in [5, 5.41) is 6.93. The Morgan fingerprint density at radius 2 is 1.77 bits per heavy atom. The molecule has 8 nitrogen and oxygen atoms in total. The molecule has 1 aliphatic rings. The van der Waals surface area contributed by atoms with Gasteiger partial charge < -0.3 is 5.32 Å². The maximum atomic E-state index is 12.3. The molecule has 130 valence electrons. The van der Waals surface area contributed by atoms with Crippen molar-refractivity contribution in [3.05, 3.63) is 59.5 Å². The van der Waals surface area contributed by atoms with Crippen molar-refractivity contribution in [1.82, 2.24) is 19.5 Å². The van der Waals surface area contributed by atoms with Crippen LogP contribution in [0.2, 0.25) is 0 Å². The minimum atomic E-state index is -0.363. The highest BCUT2D eigenvalue weighted by molar-refractivity contribution is 6.21. The SMILES string of the molecule is Cc1nc2ccc(NC(=O)CCN3C(=O)c4ccccc4C3=O)cn2n1. The zero-order valence-corrected chi connectivity index (χ0v) is 14.0. The van der Waals surface area contributed by atoms with E-state index in [2.05, 4.69) is 15.4 Å². The summed E-state index contributed by atoms with van der Waals surface area (Å²) in [6.45, 7) is 1.82. The summed E-state index contributed by atoms with van der Waals surface area (Å²) in [6, 6.07) is 10.1. The van der Waals surface area contributed by atoms with E-state index in [9.17, 15) is 14.4 Å². The third-order valence-electron chi connectivity index (χ3n) is 4.16. The normalized spacial score (nSPS) is 13.3. The molecule has 0 fully saturated rings. The van der Waals surface area contributed by atoms with Crippen molar-refractivity contribution in [1.29, 1.82) is 0 Å². The molecule has 0 aliphatic carbocycles. The van der Waals surface area contributed by atoms with Crippen molar-refractivity contribution in [3.63, 3.8) is 0 Å². The number of carbonyl (C=O) groups is 3. The minimum Gasteiger partial charge on any atom is -0.325 e. The van der Waals surface area contributed by atoms with Gasteiger partial charge in [0.05, 0.1) is 23.0 Å². The molecule has 4 rings (SSSR count). The molecule has 0 atom stereocenters. The second-order valence-corrected chi connectivity index (χ2v) is 5.99. The molecule has 0 spiro atoms. The lowest BCUT2D eigenvalue weighted by atomic mass is 10.1. The van der Waals surface area contributed by atoms with Crippen molar-refractivity contribution < 1.29 is 14.4 Å². The summed E-state index contributed by atoms with van der Waals surface area (Å²) >= 11 is 0. The van der Waals surface area contributed by atoms with E-state index in [1.165, 1.54) is 0 Å². The van der Waals surface area contributed by atoms with E-state index in [0.29, 0.717) is 28.3 Å². The van der Waals surface area contributed by atoms with Crippen molar-refractivity contribution in [2.24, 2.45) is 0 Å². The molecule has 26 heavy (non-hydrogen) atoms. The monoisotopic (exact) mass is 349 g/mol. The lowest BCUT2D eigenvalue weighted by molar-refractivity contribution is -0.116. The van der Waals surface area contributed by atoms with Gasteiger partial charge in [0.15, 0.2) is 5.65 Å². The topological polar surface area (TPSA) is 96.7 Å². The number of anilines is 1. The highest BCUT2D eigenvalue weighted by atomic mass is 16.2. The van der Waals surface area contributed by atoms with Crippen LogP contribution in [0.5, 0.6) is 0 Å². The number of aromatic nitrogens is 3. The Bertz CT molecular complexity index is 1020. The minimum absolute atomic E-state index is 0.0138. The summed E-state index contributed by atoms with van der Waals surface area (Å²) in [4.78, 5) is 42.1. The van der Waals surface area contributed by atoms with Crippen LogP contribution in [-0.2, 0) is 4.79 Å². The first kappa shape index (κ1) is 15.9. The molecule has 0 radical (unpaired) electrons. The van der Waals surface area contributed by atoms with Crippen LogP contribution in [0, 0.1) is 6.92 Å². The van der Waals surface area contributed by atoms with Gasteiger partial charge in [0, 0.05) is 13.0 Å². The lowest BCUT2D eigenvalue weighted by Crippen LogP contribution is -2.32. The number of rotatable bonds is 4. The number of pyridine rings is 1. The van der Waals surface area contributed by atoms with E-state index in [-0.39, 0.29) is 30.7 Å². The van der Waals surface area contributed by atoms with Gasteiger partial charge in [-0.05, 0) is 31.2 Å². The Balaban J connectivity index is 1.41. The second-order valence-electron chi connectivity index (χ2n) is 5.99. The van der Waals surface area contributed by atoms with Gasteiger partial charge >= 0.3 is 0 Å². The molecule has 3 heterocycles. The summed E-state index contributed by atoms with van der Waals surface area (Å²) in [5.41, 5.74) is 2.01. The van der Waals surface area contributed by atoms with E-state index in [0.717, 1.165) is 4.90 Å². The largest absolute Gasteiger partial charge is 0.325 e. The predicted molar refractivity (Wildman–Crippen MR) is 92.8 cm³/mol. The average molecular weight is 349 g/mol. The van der Waals surface area contributed by atoms with E-state index < -0.39 is 0 Å². The number of hydrogen-bond acceptors (Lipinski definition) is 5. The second kappa shape index (κ2) is 6.07. The Morgan fingerprint density at radius 3 is 2.46 bits per heavy atom. The number of benzene rings is 1. The maximum absolute atomic E-state index is 12.3. The molecule has 3 amide bonds. The molecular weight excluding hydrogens is 334 g/mol. The summed E-state index contributed by atoms with van der Waals surface area (Å²) in [7, 11) is 0. The van der Waals surface area contributed by atoms with Crippen LogP contribution >= 0.6 is 0 Å². The molecule has 0 bridgehead atoms. The Hall–Kier alpha value is -3.55. The molecule has 0 saturated heterocycles. The predicted octanol–water partition coefficient (Wildman–Crippen LogP) is 1.66. The molecular formula is C18H15N5O3. The molecule has 0 saturated carbocycles. The van der Waals surface area contributed by atoms with Gasteiger partial charge in [0.25, 0.3) is 11.8 Å². The number of nitrogens with zero attached hydrogens (tertiary/aromatic N) is 4. The van der Waals surface area contributed by atoms with E-state index >= 15 is 0 Å². The number of nitrogens with one attached hydrogen (secondary N) is 1. The van der Waals surface area contributed by atoms with Gasteiger partial charge in [0.1, 0.15) is 5.82 Å². The molecule has 8 heteroatoms. The number of carbonyl (C=O) groups excluding carboxylic acids is 3. The molecule has 1 aliphatic heterocycles. The van der Waals surface area contributed by atoms with Crippen LogP contribution in [0.25, 0.3) is 5.65 Å². The summed E-state index contributed by atoms with van der Waals surface area (Å²) in [6.07, 6.45) is 1.68. The molecule has 3 aromatic rings. The van der Waals surface area contributed by atoms with E-state index in [1.807, 2.05) is 0 Å². The van der Waals surface area contributed by atoms with Gasteiger partial charge in [-0.2, -0.15) is 5.10 Å². The zero-order chi connectivity index (χ0) is 18.3. The van der Waals surface area contributed by atoms with Crippen molar-refractivity contribution in [3.8, 4) is 0 Å². The van der Waals surface area contributed by atoms with Crippen molar-refractivity contribution >= 4 is 29.1 Å². The van der Waals surface area contributed by atoms with Gasteiger partial charge in [-0.15, -0.1) is 0 Å². The summed E-state index contributed by atoms with van der Waals surface area (Å²) in [5.74, 6) is -0.382. The first-order valence-electron chi connectivity index (χ1n) is 8.11. The van der Waals surface area contributed by atoms with Crippen LogP contribution in [0.15, 0.2) is 42.6 Å². The number of amides is 3. The zero-order valence-electron chi connectivity index (χ0n) is 14.0. The number of hydrogen-bond donors (Lipinski definition) is 1. The Morgan fingerprint density at radius 1 is 1.08 bits per heavy atom. The highest BCUT2D eigenvalue weighted by Gasteiger charge is 2.34. The number of aryl methyl sites for hydroxylation is 1. The van der Waals surface area contributed by atoms with Gasteiger partial charge in [-0.25, -0.2) is 9.50 Å². The average Bonchev–Trinajstić information content (AvgIpc) is 3.11. The van der Waals surface area contributed by atoms with Gasteiger partial charge in [-0.3, -0.25) is 19.3 Å². The Kier molecular flexibility index (Phi) is 3.72. The molecule has 1 N–H and O–H groups in total. The van der Waals surface area contributed by atoms with Crippen LogP contribution in [-0.4, -0.2) is 43.8 Å². The molecule has 2 aromatic heterocycles. The number of fused-ring (bicyclic) bond motifs is 2. The van der Waals surface area contributed by atoms with Gasteiger partial charge in [0.2, 0.25) is 5.91 Å². The summed E-state index contributed by atoms with van der Waals surface area (Å²) < 4.78 is 1.58. The highest BCUT2D eigenvalue weighted by Crippen LogP contribution is 2.22. The maximum Gasteiger partial charge on any atom is 0.261 e. The van der Waals surface area contributed by atoms with E-state index in [1.54, 1.807) is 54.0 Å². The molecule has 0 unspecified atom stereocenters.